The number of carbonyl (C=O) groups is 1. The summed E-state index contributed by atoms with van der Waals surface area (Å²) in [4.78, 5) is 14.2. The molecule has 1 aromatic carbocycles. The summed E-state index contributed by atoms with van der Waals surface area (Å²) in [6.45, 7) is 0.566. The maximum atomic E-state index is 11.7. The number of phenols is 1. The van der Waals surface area contributed by atoms with Gasteiger partial charge in [0.25, 0.3) is 5.91 Å². The molecule has 0 bridgehead atoms. The number of carbonyl (C=O) groups excluding carboxylic acids is 1. The van der Waals surface area contributed by atoms with E-state index in [4.69, 9.17) is 17.0 Å². The van der Waals surface area contributed by atoms with Crippen molar-refractivity contribution in [1.29, 1.82) is 0 Å². The number of ether oxygens (including phenoxy) is 1. The number of thioether (sulfide) groups is 1. The van der Waals surface area contributed by atoms with E-state index in [2.05, 4.69) is 5.32 Å². The van der Waals surface area contributed by atoms with Gasteiger partial charge >= 0.3 is 0 Å². The van der Waals surface area contributed by atoms with E-state index in [9.17, 15) is 9.90 Å². The SMILES string of the molecule is COc1cc(C=C2SC(=S)NC2=O)cc(CN(C)C)c1O. The Balaban J connectivity index is 2.42. The van der Waals surface area contributed by atoms with Crippen LogP contribution in [0.1, 0.15) is 11.1 Å². The highest BCUT2D eigenvalue weighted by molar-refractivity contribution is 8.26. The van der Waals surface area contributed by atoms with Gasteiger partial charge in [-0.25, -0.2) is 0 Å². The fourth-order valence-corrected chi connectivity index (χ4v) is 3.01. The van der Waals surface area contributed by atoms with Crippen molar-refractivity contribution in [3.63, 3.8) is 0 Å². The van der Waals surface area contributed by atoms with Crippen molar-refractivity contribution >= 4 is 40.3 Å². The van der Waals surface area contributed by atoms with Gasteiger partial charge in [0.2, 0.25) is 0 Å². The molecule has 1 fully saturated rings. The van der Waals surface area contributed by atoms with Crippen LogP contribution < -0.4 is 10.1 Å². The lowest BCUT2D eigenvalue weighted by Crippen LogP contribution is -2.17. The largest absolute Gasteiger partial charge is 0.504 e. The number of aromatic hydroxyl groups is 1. The smallest absolute Gasteiger partial charge is 0.263 e. The summed E-state index contributed by atoms with van der Waals surface area (Å²) >= 11 is 6.18. The summed E-state index contributed by atoms with van der Waals surface area (Å²) in [7, 11) is 5.32. The summed E-state index contributed by atoms with van der Waals surface area (Å²) < 4.78 is 5.64. The molecule has 0 saturated carbocycles. The molecule has 1 aliphatic rings. The molecule has 2 rings (SSSR count). The molecule has 2 N–H and O–H groups in total. The van der Waals surface area contributed by atoms with Crippen molar-refractivity contribution in [2.24, 2.45) is 0 Å². The Morgan fingerprint density at radius 3 is 2.71 bits per heavy atom. The minimum absolute atomic E-state index is 0.118. The van der Waals surface area contributed by atoms with Crippen LogP contribution in [0, 0.1) is 0 Å². The highest BCUT2D eigenvalue weighted by Crippen LogP contribution is 2.34. The molecule has 1 amide bonds. The van der Waals surface area contributed by atoms with E-state index < -0.39 is 0 Å². The van der Waals surface area contributed by atoms with Crippen molar-refractivity contribution in [3.8, 4) is 11.5 Å². The van der Waals surface area contributed by atoms with Crippen LogP contribution in [0.5, 0.6) is 11.5 Å². The van der Waals surface area contributed by atoms with Crippen LogP contribution in [0.3, 0.4) is 0 Å². The summed E-state index contributed by atoms with van der Waals surface area (Å²) in [6.07, 6.45) is 1.74. The van der Waals surface area contributed by atoms with E-state index in [-0.39, 0.29) is 11.7 Å². The number of hydrogen-bond donors (Lipinski definition) is 2. The van der Waals surface area contributed by atoms with Gasteiger partial charge in [0.1, 0.15) is 4.32 Å². The number of amides is 1. The average molecular weight is 324 g/mol. The predicted octanol–water partition coefficient (Wildman–Crippen LogP) is 1.95. The number of phenolic OH excluding ortho intramolecular Hbond substituents is 1. The zero-order chi connectivity index (χ0) is 15.6. The number of nitrogens with one attached hydrogen (secondary N) is 1. The van der Waals surface area contributed by atoms with Crippen molar-refractivity contribution in [1.82, 2.24) is 10.2 Å². The predicted molar refractivity (Wildman–Crippen MR) is 88.4 cm³/mol. The van der Waals surface area contributed by atoms with Gasteiger partial charge in [-0.2, -0.15) is 0 Å². The highest BCUT2D eigenvalue weighted by atomic mass is 32.2. The summed E-state index contributed by atoms with van der Waals surface area (Å²) in [5.74, 6) is 0.297. The first-order valence-corrected chi connectivity index (χ1v) is 7.42. The second-order valence-electron chi connectivity index (χ2n) is 4.82. The summed E-state index contributed by atoms with van der Waals surface area (Å²) in [6, 6.07) is 3.52. The van der Waals surface area contributed by atoms with Crippen LogP contribution in [0.2, 0.25) is 0 Å². The van der Waals surface area contributed by atoms with Gasteiger partial charge in [0.05, 0.1) is 12.0 Å². The number of nitrogens with zero attached hydrogens (tertiary/aromatic N) is 1. The molecule has 7 heteroatoms. The Bertz CT molecular complexity index is 627. The summed E-state index contributed by atoms with van der Waals surface area (Å²) in [5.41, 5.74) is 1.51. The molecule has 0 atom stereocenters. The lowest BCUT2D eigenvalue weighted by molar-refractivity contribution is -0.115. The van der Waals surface area contributed by atoms with E-state index in [0.29, 0.717) is 21.5 Å². The van der Waals surface area contributed by atoms with E-state index in [1.54, 1.807) is 12.1 Å². The van der Waals surface area contributed by atoms with Crippen molar-refractivity contribution < 1.29 is 14.6 Å². The zero-order valence-electron chi connectivity index (χ0n) is 12.0. The minimum atomic E-state index is -0.203. The number of thiocarbonyl (C=S) groups is 1. The van der Waals surface area contributed by atoms with Gasteiger partial charge in [-0.3, -0.25) is 4.79 Å². The van der Waals surface area contributed by atoms with E-state index in [1.165, 1.54) is 18.9 Å². The van der Waals surface area contributed by atoms with E-state index in [0.717, 1.165) is 11.1 Å². The van der Waals surface area contributed by atoms with Crippen LogP contribution in [0.15, 0.2) is 17.0 Å². The third-order valence-corrected chi connectivity index (χ3v) is 3.99. The molecular weight excluding hydrogens is 308 g/mol. The maximum absolute atomic E-state index is 11.7. The van der Waals surface area contributed by atoms with Gasteiger partial charge in [-0.1, -0.05) is 24.0 Å². The molecule has 112 valence electrons. The highest BCUT2D eigenvalue weighted by Gasteiger charge is 2.22. The first-order valence-electron chi connectivity index (χ1n) is 6.20. The molecule has 0 radical (unpaired) electrons. The number of hydrogen-bond acceptors (Lipinski definition) is 6. The first-order chi connectivity index (χ1) is 9.90. The third-order valence-electron chi connectivity index (χ3n) is 2.82. The average Bonchev–Trinajstić information content (AvgIpc) is 2.71. The normalized spacial score (nSPS) is 16.7. The van der Waals surface area contributed by atoms with Crippen LogP contribution in [0.4, 0.5) is 0 Å². The molecule has 1 saturated heterocycles. The van der Waals surface area contributed by atoms with Gasteiger partial charge < -0.3 is 20.1 Å². The standard InChI is InChI=1S/C14H16N2O3S2/c1-16(2)7-9-4-8(5-10(19-3)12(9)17)6-11-13(18)15-14(20)21-11/h4-6,17H,7H2,1-3H3,(H,15,18,20). The molecule has 0 aromatic heterocycles. The monoisotopic (exact) mass is 324 g/mol. The first kappa shape index (κ1) is 15.8. The third kappa shape index (κ3) is 3.75. The maximum Gasteiger partial charge on any atom is 0.263 e. The van der Waals surface area contributed by atoms with Gasteiger partial charge in [-0.15, -0.1) is 0 Å². The Labute approximate surface area is 133 Å². The minimum Gasteiger partial charge on any atom is -0.504 e. The molecule has 1 aromatic rings. The lowest BCUT2D eigenvalue weighted by atomic mass is 10.1. The van der Waals surface area contributed by atoms with E-state index in [1.807, 2.05) is 25.1 Å². The lowest BCUT2D eigenvalue weighted by Gasteiger charge is -2.14. The molecule has 21 heavy (non-hydrogen) atoms. The Kier molecular flexibility index (Phi) is 4.87. The Morgan fingerprint density at radius 1 is 1.48 bits per heavy atom. The molecule has 0 aliphatic carbocycles. The van der Waals surface area contributed by atoms with Crippen LogP contribution >= 0.6 is 24.0 Å². The number of benzene rings is 1. The second-order valence-corrected chi connectivity index (χ2v) is 6.54. The molecule has 1 aliphatic heterocycles. The Morgan fingerprint density at radius 2 is 2.19 bits per heavy atom. The van der Waals surface area contributed by atoms with Crippen molar-refractivity contribution in [3.05, 3.63) is 28.2 Å². The van der Waals surface area contributed by atoms with Crippen LogP contribution in [0.25, 0.3) is 6.08 Å². The van der Waals surface area contributed by atoms with Gasteiger partial charge in [0, 0.05) is 12.1 Å². The topological polar surface area (TPSA) is 61.8 Å². The van der Waals surface area contributed by atoms with E-state index >= 15 is 0 Å². The van der Waals surface area contributed by atoms with Gasteiger partial charge in [0.15, 0.2) is 11.5 Å². The second kappa shape index (κ2) is 6.46. The molecule has 1 heterocycles. The Hall–Kier alpha value is -1.57. The molecule has 5 nitrogen and oxygen atoms in total. The molecule has 0 unspecified atom stereocenters. The zero-order valence-corrected chi connectivity index (χ0v) is 13.6. The fourth-order valence-electron chi connectivity index (χ4n) is 1.96. The van der Waals surface area contributed by atoms with Crippen LogP contribution in [-0.2, 0) is 11.3 Å². The fraction of sp³-hybridized carbons (Fsp3) is 0.286. The number of methoxy groups -OCH3 is 1. The van der Waals surface area contributed by atoms with Crippen LogP contribution in [-0.4, -0.2) is 41.4 Å². The summed E-state index contributed by atoms with van der Waals surface area (Å²) in [5, 5.41) is 12.7. The quantitative estimate of drug-likeness (QED) is 0.652. The van der Waals surface area contributed by atoms with Crippen molar-refractivity contribution in [2.75, 3.05) is 21.2 Å². The van der Waals surface area contributed by atoms with Gasteiger partial charge in [-0.05, 0) is 37.9 Å². The molecule has 0 spiro atoms. The molecular formula is C14H16N2O3S2. The number of rotatable bonds is 4. The van der Waals surface area contributed by atoms with Crippen molar-refractivity contribution in [2.45, 2.75) is 6.54 Å².